The van der Waals surface area contributed by atoms with E-state index in [9.17, 15) is 4.79 Å². The number of pyridine rings is 2. The molecule has 0 radical (unpaired) electrons. The summed E-state index contributed by atoms with van der Waals surface area (Å²) in [7, 11) is 0. The lowest BCUT2D eigenvalue weighted by atomic mass is 10.0. The second-order valence-electron chi connectivity index (χ2n) is 7.41. The van der Waals surface area contributed by atoms with Crippen molar-refractivity contribution < 1.29 is 4.79 Å². The van der Waals surface area contributed by atoms with Gasteiger partial charge in [0, 0.05) is 53.8 Å². The predicted molar refractivity (Wildman–Crippen MR) is 115 cm³/mol. The first-order chi connectivity index (χ1) is 14.1. The van der Waals surface area contributed by atoms with Crippen molar-refractivity contribution in [3.05, 3.63) is 84.4 Å². The van der Waals surface area contributed by atoms with Crippen molar-refractivity contribution in [1.82, 2.24) is 19.9 Å². The van der Waals surface area contributed by atoms with Crippen LogP contribution in [0.5, 0.6) is 0 Å². The maximum atomic E-state index is 13.4. The Hall–Kier alpha value is -3.47. The summed E-state index contributed by atoms with van der Waals surface area (Å²) in [5.74, 6) is 0.103. The molecule has 0 aliphatic carbocycles. The first-order valence-electron chi connectivity index (χ1n) is 9.82. The molecule has 0 saturated heterocycles. The number of amides is 1. The molecule has 29 heavy (non-hydrogen) atoms. The maximum absolute atomic E-state index is 13.4. The highest BCUT2D eigenvalue weighted by molar-refractivity contribution is 5.95. The molecule has 0 unspecified atom stereocenters. The molecule has 1 aromatic carbocycles. The number of carbonyl (C=O) groups excluding carboxylic acids is 1. The molecule has 3 heterocycles. The van der Waals surface area contributed by atoms with Crippen LogP contribution in [0, 0.1) is 0 Å². The van der Waals surface area contributed by atoms with Crippen LogP contribution < -0.4 is 0 Å². The van der Waals surface area contributed by atoms with E-state index in [0.717, 1.165) is 33.3 Å². The van der Waals surface area contributed by atoms with Crippen LogP contribution in [0.2, 0.25) is 0 Å². The number of aromatic nitrogens is 3. The van der Waals surface area contributed by atoms with Crippen LogP contribution in [0.3, 0.4) is 0 Å². The number of benzene rings is 1. The number of fused-ring (bicyclic) bond motifs is 1. The SMILES string of the molecule is CC(C)N(Cc1ccncc1)C(=O)Cc1c(-c2cccnc2)[nH]c2ccccc12. The largest absolute Gasteiger partial charge is 0.354 e. The molecule has 0 saturated carbocycles. The summed E-state index contributed by atoms with van der Waals surface area (Å²) in [6.45, 7) is 4.68. The molecule has 4 aromatic rings. The minimum absolute atomic E-state index is 0.0997. The number of H-pyrrole nitrogens is 1. The van der Waals surface area contributed by atoms with Crippen molar-refractivity contribution in [3.8, 4) is 11.3 Å². The van der Waals surface area contributed by atoms with E-state index in [1.807, 2.05) is 53.6 Å². The molecule has 0 fully saturated rings. The molecule has 4 rings (SSSR count). The van der Waals surface area contributed by atoms with E-state index in [0.29, 0.717) is 13.0 Å². The van der Waals surface area contributed by atoms with E-state index in [4.69, 9.17) is 0 Å². The van der Waals surface area contributed by atoms with Crippen LogP contribution >= 0.6 is 0 Å². The minimum Gasteiger partial charge on any atom is -0.354 e. The summed E-state index contributed by atoms with van der Waals surface area (Å²) < 4.78 is 0. The van der Waals surface area contributed by atoms with E-state index < -0.39 is 0 Å². The Bertz CT molecular complexity index is 1100. The average molecular weight is 384 g/mol. The average Bonchev–Trinajstić information content (AvgIpc) is 3.11. The van der Waals surface area contributed by atoms with Gasteiger partial charge in [-0.25, -0.2) is 0 Å². The predicted octanol–water partition coefficient (Wildman–Crippen LogP) is 4.60. The van der Waals surface area contributed by atoms with Crippen molar-refractivity contribution >= 4 is 16.8 Å². The van der Waals surface area contributed by atoms with Crippen molar-refractivity contribution in [2.45, 2.75) is 32.9 Å². The molecule has 1 N–H and O–H groups in total. The molecule has 0 aliphatic rings. The van der Waals surface area contributed by atoms with E-state index in [-0.39, 0.29) is 11.9 Å². The molecule has 0 spiro atoms. The first-order valence-corrected chi connectivity index (χ1v) is 9.82. The van der Waals surface area contributed by atoms with E-state index in [1.165, 1.54) is 0 Å². The Morgan fingerprint density at radius 2 is 1.79 bits per heavy atom. The Morgan fingerprint density at radius 3 is 2.52 bits per heavy atom. The lowest BCUT2D eigenvalue weighted by Crippen LogP contribution is -2.37. The molecule has 5 nitrogen and oxygen atoms in total. The van der Waals surface area contributed by atoms with Crippen molar-refractivity contribution in [2.24, 2.45) is 0 Å². The Labute approximate surface area is 170 Å². The zero-order chi connectivity index (χ0) is 20.2. The Balaban J connectivity index is 1.69. The molecule has 0 bridgehead atoms. The van der Waals surface area contributed by atoms with Gasteiger partial charge in [-0.3, -0.25) is 14.8 Å². The van der Waals surface area contributed by atoms with Crippen LogP contribution in [-0.4, -0.2) is 31.8 Å². The van der Waals surface area contributed by atoms with Crippen LogP contribution in [0.1, 0.15) is 25.0 Å². The van der Waals surface area contributed by atoms with Gasteiger partial charge in [-0.15, -0.1) is 0 Å². The molecule has 3 aromatic heterocycles. The quantitative estimate of drug-likeness (QED) is 0.528. The zero-order valence-corrected chi connectivity index (χ0v) is 16.7. The number of hydrogen-bond acceptors (Lipinski definition) is 3. The Kier molecular flexibility index (Phi) is 5.38. The smallest absolute Gasteiger partial charge is 0.227 e. The fourth-order valence-electron chi connectivity index (χ4n) is 3.64. The summed E-state index contributed by atoms with van der Waals surface area (Å²) in [6, 6.07) is 16.1. The van der Waals surface area contributed by atoms with Gasteiger partial charge in [0.2, 0.25) is 5.91 Å². The normalized spacial score (nSPS) is 11.1. The minimum atomic E-state index is 0.0997. The standard InChI is InChI=1S/C24H24N4O/c1-17(2)28(16-18-9-12-25-13-10-18)23(29)14-21-20-7-3-4-8-22(20)27-24(21)19-6-5-11-26-15-19/h3-13,15,17,27H,14,16H2,1-2H3. The molecule has 5 heteroatoms. The van der Waals surface area contributed by atoms with Gasteiger partial charge in [0.15, 0.2) is 0 Å². The van der Waals surface area contributed by atoms with Gasteiger partial charge in [-0.2, -0.15) is 0 Å². The molecule has 0 atom stereocenters. The molecule has 0 aliphatic heterocycles. The third-order valence-electron chi connectivity index (χ3n) is 5.14. The van der Waals surface area contributed by atoms with E-state index >= 15 is 0 Å². The lowest BCUT2D eigenvalue weighted by molar-refractivity contribution is -0.132. The van der Waals surface area contributed by atoms with Crippen molar-refractivity contribution in [3.63, 3.8) is 0 Å². The first kappa shape index (κ1) is 18.9. The maximum Gasteiger partial charge on any atom is 0.227 e. The van der Waals surface area contributed by atoms with Gasteiger partial charge in [-0.1, -0.05) is 18.2 Å². The van der Waals surface area contributed by atoms with E-state index in [2.05, 4.69) is 34.9 Å². The number of carbonyl (C=O) groups is 1. The highest BCUT2D eigenvalue weighted by Crippen LogP contribution is 2.31. The second kappa shape index (κ2) is 8.27. The van der Waals surface area contributed by atoms with Gasteiger partial charge in [0.05, 0.1) is 12.1 Å². The second-order valence-corrected chi connectivity index (χ2v) is 7.41. The van der Waals surface area contributed by atoms with Gasteiger partial charge in [0.25, 0.3) is 0 Å². The van der Waals surface area contributed by atoms with Gasteiger partial charge < -0.3 is 9.88 Å². The number of hydrogen-bond donors (Lipinski definition) is 1. The third-order valence-corrected chi connectivity index (χ3v) is 5.14. The number of nitrogens with zero attached hydrogens (tertiary/aromatic N) is 3. The van der Waals surface area contributed by atoms with Crippen LogP contribution in [0.15, 0.2) is 73.3 Å². The Morgan fingerprint density at radius 1 is 1.00 bits per heavy atom. The zero-order valence-electron chi connectivity index (χ0n) is 16.7. The fourth-order valence-corrected chi connectivity index (χ4v) is 3.64. The van der Waals surface area contributed by atoms with Crippen LogP contribution in [0.25, 0.3) is 22.2 Å². The number of nitrogens with one attached hydrogen (secondary N) is 1. The summed E-state index contributed by atoms with van der Waals surface area (Å²) in [6.07, 6.45) is 7.44. The van der Waals surface area contributed by atoms with E-state index in [1.54, 1.807) is 18.6 Å². The van der Waals surface area contributed by atoms with Crippen molar-refractivity contribution in [2.75, 3.05) is 0 Å². The van der Waals surface area contributed by atoms with Gasteiger partial charge >= 0.3 is 0 Å². The number of aromatic amines is 1. The summed E-state index contributed by atoms with van der Waals surface area (Å²) in [5, 5.41) is 1.08. The number of para-hydroxylation sites is 1. The fraction of sp³-hybridized carbons (Fsp3) is 0.208. The lowest BCUT2D eigenvalue weighted by Gasteiger charge is -2.27. The molecule has 1 amide bonds. The topological polar surface area (TPSA) is 61.9 Å². The van der Waals surface area contributed by atoms with Gasteiger partial charge in [0.1, 0.15) is 0 Å². The van der Waals surface area contributed by atoms with Crippen LogP contribution in [-0.2, 0) is 17.8 Å². The summed E-state index contributed by atoms with van der Waals surface area (Å²) in [5.41, 5.74) is 5.06. The summed E-state index contributed by atoms with van der Waals surface area (Å²) in [4.78, 5) is 27.1. The monoisotopic (exact) mass is 384 g/mol. The highest BCUT2D eigenvalue weighted by atomic mass is 16.2. The molecular weight excluding hydrogens is 360 g/mol. The number of rotatable bonds is 6. The van der Waals surface area contributed by atoms with Crippen LogP contribution in [0.4, 0.5) is 0 Å². The summed E-state index contributed by atoms with van der Waals surface area (Å²) >= 11 is 0. The van der Waals surface area contributed by atoms with Gasteiger partial charge in [-0.05, 0) is 55.3 Å². The third kappa shape index (κ3) is 4.04. The molecule has 146 valence electrons. The highest BCUT2D eigenvalue weighted by Gasteiger charge is 2.22. The molecular formula is C24H24N4O. The van der Waals surface area contributed by atoms with Crippen molar-refractivity contribution in [1.29, 1.82) is 0 Å².